The van der Waals surface area contributed by atoms with Crippen LogP contribution in [0.2, 0.25) is 0 Å². The molecule has 7 heavy (non-hydrogen) atoms. The molecule has 1 unspecified atom stereocenters. The fourth-order valence-corrected chi connectivity index (χ4v) is 0.381. The summed E-state index contributed by atoms with van der Waals surface area (Å²) in [5.41, 5.74) is -0.762. The lowest BCUT2D eigenvalue weighted by molar-refractivity contribution is 0.0998. The van der Waals surface area contributed by atoms with Crippen molar-refractivity contribution in [2.75, 3.05) is 0 Å². The SMILES string of the molecule is [CH2+]CCC([CH2+])(C)O. The fraction of sp³-hybridized carbons (Fsp3) is 0.667. The Morgan fingerprint density at radius 2 is 2.14 bits per heavy atom. The van der Waals surface area contributed by atoms with Gasteiger partial charge in [0, 0.05) is 6.92 Å². The van der Waals surface area contributed by atoms with Crippen LogP contribution in [0.4, 0.5) is 0 Å². The van der Waals surface area contributed by atoms with E-state index in [4.69, 9.17) is 5.11 Å². The van der Waals surface area contributed by atoms with Gasteiger partial charge in [0.2, 0.25) is 5.60 Å². The minimum absolute atomic E-state index is 0.674. The average molecular weight is 100 g/mol. The highest BCUT2D eigenvalue weighted by atomic mass is 16.3. The summed E-state index contributed by atoms with van der Waals surface area (Å²) in [5.74, 6) is 0. The van der Waals surface area contributed by atoms with Gasteiger partial charge in [-0.05, 0) is 0 Å². The summed E-state index contributed by atoms with van der Waals surface area (Å²) in [7, 11) is 0. The van der Waals surface area contributed by atoms with E-state index in [9.17, 15) is 0 Å². The zero-order valence-electron chi connectivity index (χ0n) is 4.78. The van der Waals surface area contributed by atoms with E-state index in [-0.39, 0.29) is 0 Å². The molecule has 0 amide bonds. The molecule has 1 N–H and O–H groups in total. The largest absolute Gasteiger partial charge is 0.351 e. The predicted molar refractivity (Wildman–Crippen MR) is 30.6 cm³/mol. The molecule has 0 saturated carbocycles. The van der Waals surface area contributed by atoms with Crippen LogP contribution in [0, 0.1) is 13.8 Å². The van der Waals surface area contributed by atoms with Crippen molar-refractivity contribution in [1.82, 2.24) is 0 Å². The van der Waals surface area contributed by atoms with E-state index in [1.807, 2.05) is 0 Å². The summed E-state index contributed by atoms with van der Waals surface area (Å²) in [6, 6.07) is 0. The molecule has 0 fully saturated rings. The summed E-state index contributed by atoms with van der Waals surface area (Å²) in [6.07, 6.45) is 1.42. The second-order valence-electron chi connectivity index (χ2n) is 2.10. The number of rotatable bonds is 2. The van der Waals surface area contributed by atoms with E-state index >= 15 is 0 Å². The fourth-order valence-electron chi connectivity index (χ4n) is 0.381. The van der Waals surface area contributed by atoms with Crippen LogP contribution < -0.4 is 0 Å². The first-order valence-electron chi connectivity index (χ1n) is 2.43. The Labute approximate surface area is 45.4 Å². The van der Waals surface area contributed by atoms with Gasteiger partial charge in [-0.3, -0.25) is 0 Å². The molecule has 0 rings (SSSR count). The molecule has 0 aliphatic rings. The van der Waals surface area contributed by atoms with Crippen LogP contribution >= 0.6 is 0 Å². The van der Waals surface area contributed by atoms with Gasteiger partial charge in [0.1, 0.15) is 0 Å². The second kappa shape index (κ2) is 2.12. The van der Waals surface area contributed by atoms with E-state index < -0.39 is 5.60 Å². The molecular weight excluding hydrogens is 88.1 g/mol. The first-order valence-corrected chi connectivity index (χ1v) is 2.43. The maximum absolute atomic E-state index is 8.87. The quantitative estimate of drug-likeness (QED) is 0.517. The molecule has 0 radical (unpaired) electrons. The molecule has 0 aliphatic heterocycles. The molecule has 1 heteroatoms. The summed E-state index contributed by atoms with van der Waals surface area (Å²) >= 11 is 0. The Morgan fingerprint density at radius 3 is 2.14 bits per heavy atom. The van der Waals surface area contributed by atoms with Crippen molar-refractivity contribution in [2.24, 2.45) is 0 Å². The minimum Gasteiger partial charge on any atom is -0.351 e. The van der Waals surface area contributed by atoms with Crippen LogP contribution in [0.25, 0.3) is 0 Å². The molecule has 0 spiro atoms. The van der Waals surface area contributed by atoms with E-state index in [2.05, 4.69) is 13.8 Å². The molecule has 1 atom stereocenters. The monoisotopic (exact) mass is 100 g/mol. The van der Waals surface area contributed by atoms with Crippen molar-refractivity contribution in [3.8, 4) is 0 Å². The molecule has 0 aromatic carbocycles. The Hall–Kier alpha value is -0.300. The first kappa shape index (κ1) is 6.70. The molecular formula is C6H12O+2. The van der Waals surface area contributed by atoms with Gasteiger partial charge in [-0.25, -0.2) is 0 Å². The summed E-state index contributed by atoms with van der Waals surface area (Å²) < 4.78 is 0. The molecule has 0 aliphatic carbocycles. The van der Waals surface area contributed by atoms with Crippen molar-refractivity contribution in [2.45, 2.75) is 25.4 Å². The van der Waals surface area contributed by atoms with Crippen LogP contribution in [0.15, 0.2) is 0 Å². The van der Waals surface area contributed by atoms with Crippen LogP contribution in [-0.4, -0.2) is 10.7 Å². The van der Waals surface area contributed by atoms with E-state index in [0.717, 1.165) is 6.42 Å². The summed E-state index contributed by atoms with van der Waals surface area (Å²) in [4.78, 5) is 0. The highest BCUT2D eigenvalue weighted by Crippen LogP contribution is 2.07. The Bertz CT molecular complexity index is 42.6. The molecule has 0 bridgehead atoms. The lowest BCUT2D eigenvalue weighted by Crippen LogP contribution is -2.17. The van der Waals surface area contributed by atoms with Gasteiger partial charge in [-0.1, -0.05) is 0 Å². The lowest BCUT2D eigenvalue weighted by Gasteiger charge is -2.03. The molecule has 0 saturated heterocycles. The third-order valence-electron chi connectivity index (χ3n) is 0.715. The van der Waals surface area contributed by atoms with Gasteiger partial charge in [0.15, 0.2) is 0 Å². The summed E-state index contributed by atoms with van der Waals surface area (Å²) in [6.45, 7) is 8.73. The third-order valence-corrected chi connectivity index (χ3v) is 0.715. The van der Waals surface area contributed by atoms with Gasteiger partial charge in [-0.15, -0.1) is 0 Å². The van der Waals surface area contributed by atoms with Gasteiger partial charge in [0.25, 0.3) is 0 Å². The molecule has 1 nitrogen and oxygen atoms in total. The predicted octanol–water partition coefficient (Wildman–Crippen LogP) is 1.19. The topological polar surface area (TPSA) is 20.2 Å². The maximum Gasteiger partial charge on any atom is 0.203 e. The number of hydrogen-bond donors (Lipinski definition) is 1. The average Bonchev–Trinajstić information content (AvgIpc) is 1.30. The third kappa shape index (κ3) is 5.70. The highest BCUT2D eigenvalue weighted by molar-refractivity contribution is 4.74. The Morgan fingerprint density at radius 1 is 1.71 bits per heavy atom. The van der Waals surface area contributed by atoms with E-state index in [1.54, 1.807) is 6.92 Å². The van der Waals surface area contributed by atoms with E-state index in [1.165, 1.54) is 0 Å². The van der Waals surface area contributed by atoms with Gasteiger partial charge < -0.3 is 5.11 Å². The summed E-state index contributed by atoms with van der Waals surface area (Å²) in [5, 5.41) is 8.87. The molecule has 0 aromatic rings. The van der Waals surface area contributed by atoms with Gasteiger partial charge >= 0.3 is 0 Å². The minimum atomic E-state index is -0.762. The van der Waals surface area contributed by atoms with Gasteiger partial charge in [0.05, 0.1) is 26.7 Å². The lowest BCUT2D eigenvalue weighted by atomic mass is 10.0. The van der Waals surface area contributed by atoms with Crippen LogP contribution in [0.3, 0.4) is 0 Å². The number of hydrogen-bond acceptors (Lipinski definition) is 1. The zero-order valence-corrected chi connectivity index (χ0v) is 4.78. The van der Waals surface area contributed by atoms with E-state index in [0.29, 0.717) is 6.42 Å². The maximum atomic E-state index is 8.87. The van der Waals surface area contributed by atoms with Crippen LogP contribution in [0.5, 0.6) is 0 Å². The normalized spacial score (nSPS) is 18.6. The highest BCUT2D eigenvalue weighted by Gasteiger charge is 2.19. The number of aliphatic hydroxyl groups is 1. The molecule has 0 heterocycles. The Balaban J connectivity index is 3.15. The molecule has 0 aromatic heterocycles. The van der Waals surface area contributed by atoms with Crippen molar-refractivity contribution in [1.29, 1.82) is 0 Å². The smallest absolute Gasteiger partial charge is 0.203 e. The zero-order chi connectivity index (χ0) is 5.91. The Kier molecular flexibility index (Phi) is 2.03. The van der Waals surface area contributed by atoms with Crippen LogP contribution in [0.1, 0.15) is 19.8 Å². The van der Waals surface area contributed by atoms with Crippen molar-refractivity contribution in [3.05, 3.63) is 13.8 Å². The van der Waals surface area contributed by atoms with Crippen molar-refractivity contribution < 1.29 is 5.11 Å². The second-order valence-corrected chi connectivity index (χ2v) is 2.10. The molecule has 40 valence electrons. The van der Waals surface area contributed by atoms with Gasteiger partial charge in [-0.2, -0.15) is 0 Å². The van der Waals surface area contributed by atoms with Crippen molar-refractivity contribution >= 4 is 0 Å². The standard InChI is InChI=1S/C6H12O/c1-4-5-6(2,3)7/h7H,1-2,4-5H2,3H3/q+2. The van der Waals surface area contributed by atoms with Crippen LogP contribution in [-0.2, 0) is 0 Å². The van der Waals surface area contributed by atoms with Crippen molar-refractivity contribution in [3.63, 3.8) is 0 Å². The first-order chi connectivity index (χ1) is 3.06.